The second-order valence-electron chi connectivity index (χ2n) is 5.17. The van der Waals surface area contributed by atoms with Crippen LogP contribution in [-0.4, -0.2) is 22.6 Å². The number of carbonyl (C=O) groups excluding carboxylic acids is 1. The van der Waals surface area contributed by atoms with Gasteiger partial charge in [-0.1, -0.05) is 37.3 Å². The van der Waals surface area contributed by atoms with Gasteiger partial charge in [0.2, 0.25) is 0 Å². The van der Waals surface area contributed by atoms with Gasteiger partial charge < -0.3 is 10.4 Å². The second kappa shape index (κ2) is 8.66. The van der Waals surface area contributed by atoms with Gasteiger partial charge in [0.15, 0.2) is 0 Å². The van der Waals surface area contributed by atoms with E-state index in [2.05, 4.69) is 17.2 Å². The molecule has 2 rings (SSSR count). The first kappa shape index (κ1) is 16.6. The molecule has 0 aliphatic heterocycles. The average Bonchev–Trinajstić information content (AvgIpc) is 3.01. The van der Waals surface area contributed by atoms with Crippen molar-refractivity contribution in [1.29, 1.82) is 0 Å². The number of benzene rings is 1. The zero-order chi connectivity index (χ0) is 15.8. The zero-order valence-corrected chi connectivity index (χ0v) is 13.6. The van der Waals surface area contributed by atoms with E-state index in [1.54, 1.807) is 6.20 Å². The highest BCUT2D eigenvalue weighted by Crippen LogP contribution is 2.21. The quantitative estimate of drug-likeness (QED) is 0.784. The summed E-state index contributed by atoms with van der Waals surface area (Å²) in [6, 6.07) is 9.78. The summed E-state index contributed by atoms with van der Waals surface area (Å²) in [6.07, 6.45) is 4.96. The van der Waals surface area contributed by atoms with E-state index in [9.17, 15) is 4.79 Å². The summed E-state index contributed by atoms with van der Waals surface area (Å²) in [5.74, 6) is -0.0911. The first-order valence-corrected chi connectivity index (χ1v) is 8.47. The van der Waals surface area contributed by atoms with Crippen LogP contribution in [0.2, 0.25) is 0 Å². The van der Waals surface area contributed by atoms with Gasteiger partial charge in [-0.05, 0) is 31.2 Å². The maximum atomic E-state index is 12.4. The van der Waals surface area contributed by atoms with E-state index in [-0.39, 0.29) is 18.6 Å². The van der Waals surface area contributed by atoms with E-state index in [1.807, 2.05) is 30.3 Å². The fourth-order valence-corrected chi connectivity index (χ4v) is 3.20. The van der Waals surface area contributed by atoms with Crippen LogP contribution in [0.15, 0.2) is 36.5 Å². The van der Waals surface area contributed by atoms with E-state index in [0.717, 1.165) is 23.4 Å². The molecule has 0 spiro atoms. The Morgan fingerprint density at radius 1 is 1.36 bits per heavy atom. The van der Waals surface area contributed by atoms with Crippen LogP contribution >= 0.6 is 11.3 Å². The lowest BCUT2D eigenvalue weighted by atomic mass is 10.0. The van der Waals surface area contributed by atoms with Crippen LogP contribution in [0.4, 0.5) is 0 Å². The van der Waals surface area contributed by atoms with Gasteiger partial charge in [-0.25, -0.2) is 4.98 Å². The van der Waals surface area contributed by atoms with Crippen LogP contribution in [0.3, 0.4) is 0 Å². The Hall–Kier alpha value is -1.72. The second-order valence-corrected chi connectivity index (χ2v) is 6.29. The molecule has 1 amide bonds. The molecule has 2 aromatic rings. The Kier molecular flexibility index (Phi) is 6.55. The minimum absolute atomic E-state index is 0.0856. The number of hydrogen-bond acceptors (Lipinski definition) is 4. The molecule has 0 radical (unpaired) electrons. The minimum Gasteiger partial charge on any atom is -0.396 e. The molecule has 1 heterocycles. The van der Waals surface area contributed by atoms with Gasteiger partial charge in [-0.15, -0.1) is 11.3 Å². The lowest BCUT2D eigenvalue weighted by Crippen LogP contribution is -2.28. The lowest BCUT2D eigenvalue weighted by Gasteiger charge is -2.18. The molecule has 0 aliphatic rings. The van der Waals surface area contributed by atoms with E-state index < -0.39 is 0 Å². The van der Waals surface area contributed by atoms with Gasteiger partial charge in [0.05, 0.1) is 17.2 Å². The van der Waals surface area contributed by atoms with Crippen molar-refractivity contribution in [2.45, 2.75) is 38.6 Å². The Morgan fingerprint density at radius 2 is 2.14 bits per heavy atom. The molecule has 118 valence electrons. The third-order valence-corrected chi connectivity index (χ3v) is 4.46. The van der Waals surface area contributed by atoms with E-state index >= 15 is 0 Å². The molecule has 1 unspecified atom stereocenters. The van der Waals surface area contributed by atoms with Crippen LogP contribution in [0.25, 0.3) is 0 Å². The predicted octanol–water partition coefficient (Wildman–Crippen LogP) is 3.34. The normalized spacial score (nSPS) is 12.1. The number of thiazole rings is 1. The monoisotopic (exact) mass is 318 g/mol. The van der Waals surface area contributed by atoms with Crippen LogP contribution in [0.1, 0.15) is 52.5 Å². The molecule has 4 nitrogen and oxygen atoms in total. The zero-order valence-electron chi connectivity index (χ0n) is 12.8. The summed E-state index contributed by atoms with van der Waals surface area (Å²) in [5.41, 5.74) is 1.06. The van der Waals surface area contributed by atoms with Crippen molar-refractivity contribution in [1.82, 2.24) is 10.3 Å². The van der Waals surface area contributed by atoms with Crippen LogP contribution < -0.4 is 5.32 Å². The third-order valence-electron chi connectivity index (χ3n) is 3.40. The molecule has 0 saturated heterocycles. The van der Waals surface area contributed by atoms with Gasteiger partial charge in [0.25, 0.3) is 5.91 Å². The van der Waals surface area contributed by atoms with Crippen molar-refractivity contribution in [3.8, 4) is 0 Å². The molecular formula is C17H22N2O2S. The highest BCUT2D eigenvalue weighted by Gasteiger charge is 2.17. The van der Waals surface area contributed by atoms with Gasteiger partial charge in [0, 0.05) is 6.61 Å². The predicted molar refractivity (Wildman–Crippen MR) is 89.1 cm³/mol. The number of aliphatic hydroxyl groups is 1. The summed E-state index contributed by atoms with van der Waals surface area (Å²) in [6.45, 7) is 2.22. The van der Waals surface area contributed by atoms with E-state index in [1.165, 1.54) is 11.3 Å². The largest absolute Gasteiger partial charge is 0.396 e. The minimum atomic E-state index is -0.0911. The maximum Gasteiger partial charge on any atom is 0.263 e. The van der Waals surface area contributed by atoms with Crippen LogP contribution in [-0.2, 0) is 6.42 Å². The smallest absolute Gasteiger partial charge is 0.263 e. The summed E-state index contributed by atoms with van der Waals surface area (Å²) in [4.78, 5) is 17.3. The molecule has 5 heteroatoms. The van der Waals surface area contributed by atoms with Crippen molar-refractivity contribution in [2.75, 3.05) is 6.61 Å². The summed E-state index contributed by atoms with van der Waals surface area (Å²) >= 11 is 1.45. The molecule has 0 fully saturated rings. The molecule has 0 saturated carbocycles. The number of hydrogen-bond donors (Lipinski definition) is 2. The number of aryl methyl sites for hydroxylation is 1. The highest BCUT2D eigenvalue weighted by atomic mass is 32.1. The highest BCUT2D eigenvalue weighted by molar-refractivity contribution is 7.13. The number of aliphatic hydroxyl groups excluding tert-OH is 1. The summed E-state index contributed by atoms with van der Waals surface area (Å²) < 4.78 is 0. The Labute approximate surface area is 135 Å². The summed E-state index contributed by atoms with van der Waals surface area (Å²) in [7, 11) is 0. The van der Waals surface area contributed by atoms with Crippen molar-refractivity contribution in [3.63, 3.8) is 0 Å². The molecule has 1 aromatic heterocycles. The van der Waals surface area contributed by atoms with Gasteiger partial charge in [-0.3, -0.25) is 4.79 Å². The van der Waals surface area contributed by atoms with Crippen molar-refractivity contribution in [3.05, 3.63) is 52.0 Å². The lowest BCUT2D eigenvalue weighted by molar-refractivity contribution is 0.0936. The Bertz CT molecular complexity index is 583. The standard InChI is InChI=1S/C17H22N2O2S/c1-2-7-16-18-12-15(22-16)17(21)19-14(10-6-11-20)13-8-4-3-5-9-13/h3-5,8-9,12,14,20H,2,6-7,10-11H2,1H3,(H,19,21). The molecule has 1 atom stereocenters. The van der Waals surface area contributed by atoms with Gasteiger partial charge in [0.1, 0.15) is 4.88 Å². The SMILES string of the molecule is CCCc1ncc(C(=O)NC(CCCO)c2ccccc2)s1. The fraction of sp³-hybridized carbons (Fsp3) is 0.412. The molecule has 0 aliphatic carbocycles. The average molecular weight is 318 g/mol. The number of nitrogens with zero attached hydrogens (tertiary/aromatic N) is 1. The van der Waals surface area contributed by atoms with Gasteiger partial charge >= 0.3 is 0 Å². The Morgan fingerprint density at radius 3 is 2.82 bits per heavy atom. The number of rotatable bonds is 8. The van der Waals surface area contributed by atoms with Crippen molar-refractivity contribution < 1.29 is 9.90 Å². The van der Waals surface area contributed by atoms with Gasteiger partial charge in [-0.2, -0.15) is 0 Å². The first-order valence-electron chi connectivity index (χ1n) is 7.66. The third kappa shape index (κ3) is 4.64. The molecule has 0 bridgehead atoms. The molecule has 22 heavy (non-hydrogen) atoms. The van der Waals surface area contributed by atoms with Crippen LogP contribution in [0.5, 0.6) is 0 Å². The van der Waals surface area contributed by atoms with Crippen molar-refractivity contribution >= 4 is 17.2 Å². The molecule has 1 aromatic carbocycles. The fourth-order valence-electron chi connectivity index (χ4n) is 2.28. The number of nitrogens with one attached hydrogen (secondary N) is 1. The topological polar surface area (TPSA) is 62.2 Å². The van der Waals surface area contributed by atoms with E-state index in [4.69, 9.17) is 5.11 Å². The van der Waals surface area contributed by atoms with Crippen LogP contribution in [0, 0.1) is 0 Å². The number of amides is 1. The van der Waals surface area contributed by atoms with Crippen molar-refractivity contribution in [2.24, 2.45) is 0 Å². The maximum absolute atomic E-state index is 12.4. The Balaban J connectivity index is 2.06. The molecular weight excluding hydrogens is 296 g/mol. The molecule has 2 N–H and O–H groups in total. The number of carbonyl (C=O) groups is 1. The first-order chi connectivity index (χ1) is 10.7. The number of aromatic nitrogens is 1. The summed E-state index contributed by atoms with van der Waals surface area (Å²) in [5, 5.41) is 13.1. The van der Waals surface area contributed by atoms with E-state index in [0.29, 0.717) is 17.7 Å².